The van der Waals surface area contributed by atoms with Crippen molar-refractivity contribution in [2.24, 2.45) is 0 Å². The second-order valence-corrected chi connectivity index (χ2v) is 2.27. The van der Waals surface area contributed by atoms with E-state index in [1.807, 2.05) is 0 Å². The van der Waals surface area contributed by atoms with Crippen molar-refractivity contribution < 1.29 is 19.3 Å². The van der Waals surface area contributed by atoms with Crippen LogP contribution < -0.4 is 11.2 Å². The van der Waals surface area contributed by atoms with Gasteiger partial charge in [0, 0.05) is 6.92 Å². The molecule has 8 nitrogen and oxygen atoms in total. The fourth-order valence-electron chi connectivity index (χ4n) is 0.699. The largest absolute Gasteiger partial charge is 0.452 e. The summed E-state index contributed by atoms with van der Waals surface area (Å²) in [6.07, 6.45) is -0.646. The molecule has 8 heteroatoms. The molecule has 0 bridgehead atoms. The summed E-state index contributed by atoms with van der Waals surface area (Å²) in [5.74, 6) is -0.282. The van der Waals surface area contributed by atoms with Crippen LogP contribution in [0.25, 0.3) is 0 Å². The van der Waals surface area contributed by atoms with Gasteiger partial charge in [0.2, 0.25) is 5.91 Å². The van der Waals surface area contributed by atoms with Gasteiger partial charge in [0.1, 0.15) is 6.67 Å². The second-order valence-electron chi connectivity index (χ2n) is 2.27. The van der Waals surface area contributed by atoms with Crippen LogP contribution in [0, 0.1) is 0 Å². The van der Waals surface area contributed by atoms with Crippen LogP contribution in [-0.4, -0.2) is 35.8 Å². The van der Waals surface area contributed by atoms with Gasteiger partial charge in [-0.25, -0.2) is 9.80 Å². The Morgan fingerprint density at radius 2 is 2.00 bits per heavy atom. The predicted molar refractivity (Wildman–Crippen MR) is 39.0 cm³/mol. The van der Waals surface area contributed by atoms with Crippen LogP contribution in [0.1, 0.15) is 6.92 Å². The van der Waals surface area contributed by atoms with Crippen LogP contribution in [0.15, 0.2) is 0 Å². The first-order valence-electron chi connectivity index (χ1n) is 3.46. The maximum absolute atomic E-state index is 10.9. The van der Waals surface area contributed by atoms with E-state index in [0.29, 0.717) is 0 Å². The maximum atomic E-state index is 10.9. The molecule has 1 aliphatic heterocycles. The summed E-state index contributed by atoms with van der Waals surface area (Å²) in [4.78, 5) is 26.3. The summed E-state index contributed by atoms with van der Waals surface area (Å²) in [5, 5.41) is 2.07. The van der Waals surface area contributed by atoms with Crippen LogP contribution in [0.4, 0.5) is 4.79 Å². The number of amides is 2. The number of nitrogens with zero attached hydrogens (tertiary/aromatic N) is 2. The zero-order valence-corrected chi connectivity index (χ0v) is 7.23. The highest BCUT2D eigenvalue weighted by Crippen LogP contribution is 1.96. The van der Waals surface area contributed by atoms with E-state index >= 15 is 0 Å². The van der Waals surface area contributed by atoms with Gasteiger partial charge in [-0.3, -0.25) is 4.79 Å². The molecule has 13 heavy (non-hydrogen) atoms. The number of nitrogens with one attached hydrogen (secondary N) is 2. The van der Waals surface area contributed by atoms with Crippen molar-refractivity contribution >= 4 is 12.0 Å². The van der Waals surface area contributed by atoms with Crippen LogP contribution >= 0.6 is 0 Å². The van der Waals surface area contributed by atoms with Crippen LogP contribution in [0.2, 0.25) is 0 Å². The van der Waals surface area contributed by atoms with E-state index in [2.05, 4.69) is 20.9 Å². The van der Waals surface area contributed by atoms with Crippen molar-refractivity contribution in [1.82, 2.24) is 21.2 Å². The molecule has 0 aromatic rings. The number of hydrogen-bond acceptors (Lipinski definition) is 6. The van der Waals surface area contributed by atoms with Crippen LogP contribution in [-0.2, 0) is 14.5 Å². The lowest BCUT2D eigenvalue weighted by molar-refractivity contribution is -0.243. The Hall–Kier alpha value is -1.38. The molecule has 0 atom stereocenters. The lowest BCUT2D eigenvalue weighted by Gasteiger charge is -2.33. The normalized spacial score (nSPS) is 17.1. The fraction of sp³-hybridized carbons (Fsp3) is 0.600. The molecule has 2 N–H and O–H groups in total. The third-order valence-corrected chi connectivity index (χ3v) is 1.37. The van der Waals surface area contributed by atoms with Crippen LogP contribution in [0.5, 0.6) is 0 Å². The number of hydrazine groups is 2. The third-order valence-electron chi connectivity index (χ3n) is 1.37. The van der Waals surface area contributed by atoms with E-state index in [-0.39, 0.29) is 12.6 Å². The highest BCUT2D eigenvalue weighted by molar-refractivity contribution is 5.73. The second kappa shape index (κ2) is 4.03. The van der Waals surface area contributed by atoms with Gasteiger partial charge in [-0.1, -0.05) is 11.2 Å². The summed E-state index contributed by atoms with van der Waals surface area (Å²) in [6, 6.07) is 0. The quantitative estimate of drug-likeness (QED) is 0.495. The Kier molecular flexibility index (Phi) is 3.01. The minimum Gasteiger partial charge on any atom is -0.452 e. The first kappa shape index (κ1) is 9.71. The standard InChI is InChI=1S/C5H10N4O4/c1-4(10)8-3-9(5(11)12-2)7-13-6-8/h6-7H,3H2,1-2H3. The molecule has 0 saturated carbocycles. The van der Waals surface area contributed by atoms with Crippen LogP contribution in [0.3, 0.4) is 0 Å². The van der Waals surface area contributed by atoms with Crippen molar-refractivity contribution in [2.75, 3.05) is 13.8 Å². The Morgan fingerprint density at radius 3 is 2.54 bits per heavy atom. The lowest BCUT2D eigenvalue weighted by atomic mass is 10.7. The van der Waals surface area contributed by atoms with Crippen molar-refractivity contribution in [2.45, 2.75) is 6.92 Å². The number of methoxy groups -OCH3 is 1. The number of carbonyl (C=O) groups is 2. The molecule has 1 fully saturated rings. The molecule has 0 aromatic carbocycles. The topological polar surface area (TPSA) is 83.1 Å². The monoisotopic (exact) mass is 190 g/mol. The predicted octanol–water partition coefficient (Wildman–Crippen LogP) is -1.27. The van der Waals surface area contributed by atoms with Crippen molar-refractivity contribution in [3.05, 3.63) is 0 Å². The molecule has 74 valence electrons. The van der Waals surface area contributed by atoms with E-state index in [0.717, 1.165) is 10.0 Å². The van der Waals surface area contributed by atoms with Gasteiger partial charge in [-0.2, -0.15) is 9.95 Å². The molecule has 0 aliphatic carbocycles. The molecular formula is C5H10N4O4. The number of ether oxygens (including phenoxy) is 1. The van der Waals surface area contributed by atoms with Gasteiger partial charge < -0.3 is 4.74 Å². The molecule has 0 aromatic heterocycles. The number of hydrogen-bond donors (Lipinski definition) is 2. The summed E-state index contributed by atoms with van der Waals surface area (Å²) in [6.45, 7) is 1.33. The average Bonchev–Trinajstić information content (AvgIpc) is 2.17. The van der Waals surface area contributed by atoms with Crippen molar-refractivity contribution in [3.8, 4) is 0 Å². The molecule has 1 rings (SSSR count). The van der Waals surface area contributed by atoms with E-state index in [1.54, 1.807) is 0 Å². The fourth-order valence-corrected chi connectivity index (χ4v) is 0.699. The van der Waals surface area contributed by atoms with Gasteiger partial charge in [0.15, 0.2) is 0 Å². The molecule has 2 amide bonds. The Labute approximate surface area is 74.2 Å². The molecule has 1 saturated heterocycles. The van der Waals surface area contributed by atoms with E-state index in [9.17, 15) is 9.59 Å². The van der Waals surface area contributed by atoms with Gasteiger partial charge in [-0.15, -0.1) is 0 Å². The molecule has 1 aliphatic rings. The maximum Gasteiger partial charge on any atom is 0.427 e. The zero-order chi connectivity index (χ0) is 9.84. The van der Waals surface area contributed by atoms with Gasteiger partial charge >= 0.3 is 6.09 Å². The summed E-state index contributed by atoms with van der Waals surface area (Å²) < 4.78 is 4.40. The van der Waals surface area contributed by atoms with E-state index in [4.69, 9.17) is 0 Å². The Balaban J connectivity index is 2.51. The van der Waals surface area contributed by atoms with E-state index in [1.165, 1.54) is 14.0 Å². The van der Waals surface area contributed by atoms with Gasteiger partial charge in [0.25, 0.3) is 0 Å². The first-order valence-corrected chi connectivity index (χ1v) is 3.46. The molecule has 0 spiro atoms. The summed E-state index contributed by atoms with van der Waals surface area (Å²) >= 11 is 0. The Bertz CT molecular complexity index is 221. The van der Waals surface area contributed by atoms with E-state index < -0.39 is 6.09 Å². The van der Waals surface area contributed by atoms with Crippen molar-refractivity contribution in [3.63, 3.8) is 0 Å². The van der Waals surface area contributed by atoms with Gasteiger partial charge in [-0.05, 0) is 0 Å². The average molecular weight is 190 g/mol. The molecular weight excluding hydrogens is 180 g/mol. The summed E-state index contributed by atoms with van der Waals surface area (Å²) in [5.41, 5.74) is 4.46. The molecule has 1 heterocycles. The minimum atomic E-state index is -0.646. The lowest BCUT2D eigenvalue weighted by Crippen LogP contribution is -2.61. The Morgan fingerprint density at radius 1 is 1.38 bits per heavy atom. The smallest absolute Gasteiger partial charge is 0.427 e. The first-order chi connectivity index (χ1) is 6.15. The SMILES string of the molecule is COC(=O)N1CN(C(C)=O)NON1. The number of rotatable bonds is 0. The van der Waals surface area contributed by atoms with Crippen molar-refractivity contribution in [1.29, 1.82) is 0 Å². The highest BCUT2D eigenvalue weighted by Gasteiger charge is 2.24. The summed E-state index contributed by atoms with van der Waals surface area (Å²) in [7, 11) is 1.23. The third kappa shape index (κ3) is 2.28. The number of carbonyl (C=O) groups excluding carboxylic acids is 2. The highest BCUT2D eigenvalue weighted by atomic mass is 16.8. The minimum absolute atomic E-state index is 0.00199. The van der Waals surface area contributed by atoms with Gasteiger partial charge in [0.05, 0.1) is 7.11 Å². The molecule has 0 radical (unpaired) electrons. The molecule has 0 unspecified atom stereocenters. The zero-order valence-electron chi connectivity index (χ0n) is 7.23.